The van der Waals surface area contributed by atoms with E-state index in [-0.39, 0.29) is 0 Å². The van der Waals surface area contributed by atoms with E-state index >= 15 is 0 Å². The van der Waals surface area contributed by atoms with E-state index < -0.39 is 7.52 Å². The molecule has 0 aliphatic rings. The number of methoxy groups -OCH3 is 1. The van der Waals surface area contributed by atoms with Crippen LogP contribution in [-0.4, -0.2) is 7.11 Å². The Morgan fingerprint density at radius 2 is 1.33 bits per heavy atom. The van der Waals surface area contributed by atoms with E-state index in [1.807, 2.05) is 48.5 Å². The summed E-state index contributed by atoms with van der Waals surface area (Å²) in [6, 6.07) is 25.5. The van der Waals surface area contributed by atoms with Gasteiger partial charge in [-0.1, -0.05) is 36.4 Å². The smallest absolute Gasteiger partial charge is 0.371 e. The molecule has 0 aliphatic heterocycles. The molecule has 0 amide bonds. The number of para-hydroxylation sites is 2. The van der Waals surface area contributed by atoms with Crippen LogP contribution in [0.2, 0.25) is 0 Å². The van der Waals surface area contributed by atoms with Gasteiger partial charge in [0, 0.05) is 5.69 Å². The summed E-state index contributed by atoms with van der Waals surface area (Å²) >= 11 is 0. The highest BCUT2D eigenvalue weighted by Crippen LogP contribution is 2.46. The fraction of sp³-hybridized carbons (Fsp3) is 0.0526. The fourth-order valence-electron chi connectivity index (χ4n) is 2.23. The summed E-state index contributed by atoms with van der Waals surface area (Å²) in [5.74, 6) is 1.24. The van der Waals surface area contributed by atoms with Crippen LogP contribution in [-0.2, 0) is 4.57 Å². The zero-order valence-corrected chi connectivity index (χ0v) is 14.1. The lowest BCUT2D eigenvalue weighted by Crippen LogP contribution is -2.16. The lowest BCUT2D eigenvalue weighted by molar-refractivity contribution is 0.415. The average Bonchev–Trinajstić information content (AvgIpc) is 2.63. The highest BCUT2D eigenvalue weighted by Gasteiger charge is 2.28. The minimum atomic E-state index is -3.35. The van der Waals surface area contributed by atoms with Gasteiger partial charge in [-0.2, -0.15) is 0 Å². The Hall–Kier alpha value is -2.71. The first-order chi connectivity index (χ1) is 11.7. The van der Waals surface area contributed by atoms with Gasteiger partial charge in [-0.25, -0.2) is 4.57 Å². The standard InChI is InChI=1S/C19H18NO3P/c1-22-17-12-14-19(15-13-17)24(21,20-16-8-4-2-5-9-16)23-18-10-6-3-7-11-18/h2-15H,1H3,(H,20,21). The number of hydrogen-bond acceptors (Lipinski definition) is 3. The van der Waals surface area contributed by atoms with E-state index in [9.17, 15) is 4.57 Å². The Morgan fingerprint density at radius 1 is 0.750 bits per heavy atom. The number of nitrogens with one attached hydrogen (secondary N) is 1. The number of benzene rings is 3. The number of rotatable bonds is 6. The average molecular weight is 339 g/mol. The number of hydrogen-bond donors (Lipinski definition) is 1. The second-order valence-electron chi connectivity index (χ2n) is 5.13. The van der Waals surface area contributed by atoms with Gasteiger partial charge in [0.15, 0.2) is 0 Å². The molecule has 4 nitrogen and oxygen atoms in total. The van der Waals surface area contributed by atoms with Gasteiger partial charge in [-0.15, -0.1) is 0 Å². The third-order valence-corrected chi connectivity index (χ3v) is 5.44. The summed E-state index contributed by atoms with van der Waals surface area (Å²) in [6.45, 7) is 0. The monoisotopic (exact) mass is 339 g/mol. The molecule has 0 bridgehead atoms. The van der Waals surface area contributed by atoms with Gasteiger partial charge in [0.1, 0.15) is 11.5 Å². The Labute approximate surface area is 141 Å². The SMILES string of the molecule is COc1ccc(P(=O)(Nc2ccccc2)Oc2ccccc2)cc1. The molecule has 122 valence electrons. The highest BCUT2D eigenvalue weighted by molar-refractivity contribution is 7.68. The van der Waals surface area contributed by atoms with E-state index in [0.717, 1.165) is 5.69 Å². The first-order valence-corrected chi connectivity index (χ1v) is 9.15. The fourth-order valence-corrected chi connectivity index (χ4v) is 3.96. The Kier molecular flexibility index (Phi) is 4.88. The van der Waals surface area contributed by atoms with Crippen molar-refractivity contribution in [1.82, 2.24) is 0 Å². The molecule has 3 aromatic carbocycles. The zero-order chi connectivity index (χ0) is 16.8. The van der Waals surface area contributed by atoms with Gasteiger partial charge in [-0.3, -0.25) is 0 Å². The lowest BCUT2D eigenvalue weighted by Gasteiger charge is -2.22. The summed E-state index contributed by atoms with van der Waals surface area (Å²) in [6.07, 6.45) is 0. The maximum absolute atomic E-state index is 13.6. The van der Waals surface area contributed by atoms with Gasteiger partial charge >= 0.3 is 7.52 Å². The van der Waals surface area contributed by atoms with Crippen molar-refractivity contribution in [2.45, 2.75) is 0 Å². The predicted molar refractivity (Wildman–Crippen MR) is 97.4 cm³/mol. The molecule has 0 aliphatic carbocycles. The van der Waals surface area contributed by atoms with E-state index in [4.69, 9.17) is 9.26 Å². The third kappa shape index (κ3) is 3.79. The number of anilines is 1. The maximum atomic E-state index is 13.6. The first-order valence-electron chi connectivity index (χ1n) is 7.52. The van der Waals surface area contributed by atoms with Crippen LogP contribution in [0, 0.1) is 0 Å². The van der Waals surface area contributed by atoms with Gasteiger partial charge in [0.05, 0.1) is 12.4 Å². The van der Waals surface area contributed by atoms with Crippen molar-refractivity contribution in [3.8, 4) is 11.5 Å². The maximum Gasteiger partial charge on any atom is 0.371 e. The molecule has 0 saturated heterocycles. The van der Waals surface area contributed by atoms with Crippen LogP contribution in [0.15, 0.2) is 84.9 Å². The second-order valence-corrected chi connectivity index (χ2v) is 7.16. The van der Waals surface area contributed by atoms with Crippen molar-refractivity contribution in [2.24, 2.45) is 0 Å². The molecule has 0 aromatic heterocycles. The van der Waals surface area contributed by atoms with Crippen LogP contribution >= 0.6 is 7.52 Å². The van der Waals surface area contributed by atoms with Gasteiger partial charge in [0.2, 0.25) is 0 Å². The normalized spacial score (nSPS) is 12.9. The van der Waals surface area contributed by atoms with Gasteiger partial charge < -0.3 is 14.3 Å². The molecule has 1 N–H and O–H groups in total. The van der Waals surface area contributed by atoms with Crippen LogP contribution in [0.3, 0.4) is 0 Å². The van der Waals surface area contributed by atoms with E-state index in [2.05, 4.69) is 5.09 Å². The molecule has 3 rings (SSSR count). The van der Waals surface area contributed by atoms with E-state index in [0.29, 0.717) is 16.8 Å². The molecule has 3 aromatic rings. The number of ether oxygens (including phenoxy) is 1. The zero-order valence-electron chi connectivity index (χ0n) is 13.3. The minimum absolute atomic E-state index is 0.542. The summed E-state index contributed by atoms with van der Waals surface area (Å²) in [5.41, 5.74) is 0.729. The molecule has 5 heteroatoms. The summed E-state index contributed by atoms with van der Waals surface area (Å²) < 4.78 is 24.6. The second kappa shape index (κ2) is 7.24. The summed E-state index contributed by atoms with van der Waals surface area (Å²) in [5, 5.41) is 3.62. The van der Waals surface area contributed by atoms with Crippen LogP contribution in [0.1, 0.15) is 0 Å². The van der Waals surface area contributed by atoms with Crippen LogP contribution < -0.4 is 19.7 Å². The van der Waals surface area contributed by atoms with E-state index in [1.54, 1.807) is 43.5 Å². The topological polar surface area (TPSA) is 47.6 Å². The van der Waals surface area contributed by atoms with Crippen molar-refractivity contribution in [3.05, 3.63) is 84.9 Å². The van der Waals surface area contributed by atoms with Crippen molar-refractivity contribution >= 4 is 18.5 Å². The Morgan fingerprint density at radius 3 is 1.92 bits per heavy atom. The summed E-state index contributed by atoms with van der Waals surface area (Å²) in [4.78, 5) is 0. The van der Waals surface area contributed by atoms with E-state index in [1.165, 1.54) is 0 Å². The van der Waals surface area contributed by atoms with Crippen molar-refractivity contribution in [3.63, 3.8) is 0 Å². The molecule has 0 fully saturated rings. The molecule has 0 radical (unpaired) electrons. The predicted octanol–water partition coefficient (Wildman–Crippen LogP) is 4.70. The molecule has 0 saturated carbocycles. The van der Waals surface area contributed by atoms with Gasteiger partial charge in [-0.05, 0) is 48.5 Å². The Balaban J connectivity index is 1.97. The lowest BCUT2D eigenvalue weighted by atomic mass is 10.3. The van der Waals surface area contributed by atoms with Crippen molar-refractivity contribution < 1.29 is 13.8 Å². The Bertz CT molecular complexity index is 775. The van der Waals surface area contributed by atoms with Gasteiger partial charge in [0.25, 0.3) is 0 Å². The molecule has 0 spiro atoms. The molecule has 24 heavy (non-hydrogen) atoms. The highest BCUT2D eigenvalue weighted by atomic mass is 31.2. The van der Waals surface area contributed by atoms with Crippen molar-refractivity contribution in [2.75, 3.05) is 12.2 Å². The van der Waals surface area contributed by atoms with Crippen LogP contribution in [0.4, 0.5) is 5.69 Å². The quantitative estimate of drug-likeness (QED) is 0.661. The summed E-state index contributed by atoms with van der Waals surface area (Å²) in [7, 11) is -1.76. The minimum Gasteiger partial charge on any atom is -0.497 e. The molecular weight excluding hydrogens is 321 g/mol. The molecule has 1 unspecified atom stereocenters. The molecule has 1 atom stereocenters. The third-order valence-electron chi connectivity index (χ3n) is 3.44. The van der Waals surface area contributed by atoms with Crippen LogP contribution in [0.25, 0.3) is 0 Å². The largest absolute Gasteiger partial charge is 0.497 e. The van der Waals surface area contributed by atoms with Crippen molar-refractivity contribution in [1.29, 1.82) is 0 Å². The molecule has 0 heterocycles. The molecular formula is C19H18NO3P. The van der Waals surface area contributed by atoms with Crippen LogP contribution in [0.5, 0.6) is 11.5 Å². The first kappa shape index (κ1) is 16.2.